The largest absolute Gasteiger partial charge is 0.490 e. The molecule has 1 atom stereocenters. The third-order valence-corrected chi connectivity index (χ3v) is 6.82. The number of aromatic nitrogens is 1. The van der Waals surface area contributed by atoms with Crippen LogP contribution in [0.2, 0.25) is 0 Å². The lowest BCUT2D eigenvalue weighted by molar-refractivity contribution is -0.115. The Hall–Kier alpha value is -2.90. The van der Waals surface area contributed by atoms with Crippen LogP contribution in [-0.4, -0.2) is 24.1 Å². The summed E-state index contributed by atoms with van der Waals surface area (Å²) in [4.78, 5) is 18.9. The highest BCUT2D eigenvalue weighted by molar-refractivity contribution is 7.14. The van der Waals surface area contributed by atoms with Gasteiger partial charge in [0, 0.05) is 31.3 Å². The second-order valence-corrected chi connectivity index (χ2v) is 9.69. The number of fused-ring (bicyclic) bond motifs is 1. The predicted molar refractivity (Wildman–Crippen MR) is 137 cm³/mol. The maximum absolute atomic E-state index is 12.4. The summed E-state index contributed by atoms with van der Waals surface area (Å²) in [6, 6.07) is 14.4. The molecule has 1 aliphatic heterocycles. The molecule has 34 heavy (non-hydrogen) atoms. The normalized spacial score (nSPS) is 14.0. The molecule has 0 aliphatic carbocycles. The Bertz CT molecular complexity index is 1110. The third kappa shape index (κ3) is 5.59. The second-order valence-electron chi connectivity index (χ2n) is 8.86. The highest BCUT2D eigenvalue weighted by atomic mass is 32.1. The number of nitrogens with one attached hydrogen (secondary N) is 1. The SMILES string of the molecule is CCc1ccc(N(C(C)=O)c2nc(CNC(c3ccc4c(c3)OCCCO4)C(C)C)cs2)cc1. The fraction of sp³-hybridized carbons (Fsp3) is 0.407. The lowest BCUT2D eigenvalue weighted by atomic mass is 9.95. The molecule has 1 aliphatic rings. The molecule has 2 heterocycles. The van der Waals surface area contributed by atoms with Crippen molar-refractivity contribution in [3.63, 3.8) is 0 Å². The van der Waals surface area contributed by atoms with Gasteiger partial charge in [0.1, 0.15) is 0 Å². The van der Waals surface area contributed by atoms with Gasteiger partial charge in [-0.05, 0) is 47.7 Å². The summed E-state index contributed by atoms with van der Waals surface area (Å²) in [7, 11) is 0. The Morgan fingerprint density at radius 1 is 1.12 bits per heavy atom. The van der Waals surface area contributed by atoms with Gasteiger partial charge in [-0.3, -0.25) is 9.69 Å². The molecule has 1 aromatic heterocycles. The summed E-state index contributed by atoms with van der Waals surface area (Å²) in [5, 5.41) is 6.36. The van der Waals surface area contributed by atoms with Gasteiger partial charge in [0.15, 0.2) is 16.6 Å². The molecule has 4 rings (SSSR count). The van der Waals surface area contributed by atoms with Crippen molar-refractivity contribution in [2.75, 3.05) is 18.1 Å². The average molecular weight is 480 g/mol. The van der Waals surface area contributed by atoms with Crippen LogP contribution in [0.4, 0.5) is 10.8 Å². The minimum atomic E-state index is -0.0506. The molecule has 0 bridgehead atoms. The number of rotatable bonds is 8. The number of benzene rings is 2. The molecule has 3 aromatic rings. The lowest BCUT2D eigenvalue weighted by Crippen LogP contribution is -2.26. The molecule has 1 N–H and O–H groups in total. The maximum Gasteiger partial charge on any atom is 0.230 e. The minimum absolute atomic E-state index is 0.0506. The number of hydrogen-bond donors (Lipinski definition) is 1. The van der Waals surface area contributed by atoms with Crippen LogP contribution >= 0.6 is 11.3 Å². The van der Waals surface area contributed by atoms with Crippen LogP contribution < -0.4 is 19.7 Å². The monoisotopic (exact) mass is 479 g/mol. The summed E-state index contributed by atoms with van der Waals surface area (Å²) in [6.45, 7) is 10.1. The van der Waals surface area contributed by atoms with Gasteiger partial charge < -0.3 is 14.8 Å². The van der Waals surface area contributed by atoms with Gasteiger partial charge in [-0.1, -0.05) is 39.0 Å². The van der Waals surface area contributed by atoms with E-state index in [0.29, 0.717) is 30.8 Å². The number of carbonyl (C=O) groups is 1. The summed E-state index contributed by atoms with van der Waals surface area (Å²) < 4.78 is 11.7. The quantitative estimate of drug-likeness (QED) is 0.427. The van der Waals surface area contributed by atoms with Crippen molar-refractivity contribution in [2.45, 2.75) is 53.1 Å². The van der Waals surface area contributed by atoms with Crippen molar-refractivity contribution < 1.29 is 14.3 Å². The average Bonchev–Trinajstić information content (AvgIpc) is 3.15. The van der Waals surface area contributed by atoms with Crippen LogP contribution in [0.1, 0.15) is 57.0 Å². The third-order valence-electron chi connectivity index (χ3n) is 5.95. The van der Waals surface area contributed by atoms with Crippen molar-refractivity contribution in [3.8, 4) is 11.5 Å². The van der Waals surface area contributed by atoms with E-state index in [2.05, 4.69) is 50.4 Å². The number of ether oxygens (including phenoxy) is 2. The van der Waals surface area contributed by atoms with Crippen LogP contribution in [0, 0.1) is 5.92 Å². The van der Waals surface area contributed by atoms with E-state index in [1.54, 1.807) is 11.8 Å². The highest BCUT2D eigenvalue weighted by Gasteiger charge is 2.21. The van der Waals surface area contributed by atoms with Crippen LogP contribution in [0.15, 0.2) is 47.8 Å². The molecule has 0 fully saturated rings. The number of hydrogen-bond acceptors (Lipinski definition) is 6. The first kappa shape index (κ1) is 24.2. The van der Waals surface area contributed by atoms with E-state index in [4.69, 9.17) is 14.5 Å². The molecule has 7 heteroatoms. The molecule has 180 valence electrons. The lowest BCUT2D eigenvalue weighted by Gasteiger charge is -2.23. The van der Waals surface area contributed by atoms with E-state index < -0.39 is 0 Å². The van der Waals surface area contributed by atoms with Crippen molar-refractivity contribution in [2.24, 2.45) is 5.92 Å². The van der Waals surface area contributed by atoms with Crippen molar-refractivity contribution in [3.05, 3.63) is 64.7 Å². The highest BCUT2D eigenvalue weighted by Crippen LogP contribution is 2.35. The fourth-order valence-corrected chi connectivity index (χ4v) is 5.00. The van der Waals surface area contributed by atoms with E-state index in [1.165, 1.54) is 16.9 Å². The van der Waals surface area contributed by atoms with Gasteiger partial charge in [-0.25, -0.2) is 4.98 Å². The summed E-state index contributed by atoms with van der Waals surface area (Å²) >= 11 is 1.49. The van der Waals surface area contributed by atoms with Gasteiger partial charge in [0.25, 0.3) is 0 Å². The van der Waals surface area contributed by atoms with Gasteiger partial charge in [-0.15, -0.1) is 11.3 Å². The topological polar surface area (TPSA) is 63.7 Å². The number of aryl methyl sites for hydroxylation is 1. The zero-order chi connectivity index (χ0) is 24.1. The van der Waals surface area contributed by atoms with Crippen molar-refractivity contribution in [1.82, 2.24) is 10.3 Å². The Balaban J connectivity index is 1.49. The van der Waals surface area contributed by atoms with Gasteiger partial charge in [0.05, 0.1) is 24.6 Å². The smallest absolute Gasteiger partial charge is 0.230 e. The van der Waals surface area contributed by atoms with Crippen molar-refractivity contribution in [1.29, 1.82) is 0 Å². The number of carbonyl (C=O) groups excluding carboxylic acids is 1. The standard InChI is InChI=1S/C27H33N3O3S/c1-5-20-7-10-23(11-8-20)30(19(4)31)27-29-22(17-34-27)16-28-26(18(2)3)21-9-12-24-25(15-21)33-14-6-13-32-24/h7-12,15,17-18,26,28H,5-6,13-14,16H2,1-4H3. The molecular weight excluding hydrogens is 446 g/mol. The molecule has 0 spiro atoms. The number of amides is 1. The van der Waals surface area contributed by atoms with Gasteiger partial charge >= 0.3 is 0 Å². The van der Waals surface area contributed by atoms with Crippen LogP contribution in [0.3, 0.4) is 0 Å². The Morgan fingerprint density at radius 2 is 1.85 bits per heavy atom. The first-order valence-corrected chi connectivity index (χ1v) is 12.8. The maximum atomic E-state index is 12.4. The van der Waals surface area contributed by atoms with Gasteiger partial charge in [0.2, 0.25) is 5.91 Å². The van der Waals surface area contributed by atoms with E-state index in [-0.39, 0.29) is 11.9 Å². The summed E-state index contributed by atoms with van der Waals surface area (Å²) in [5.74, 6) is 1.94. The first-order chi connectivity index (χ1) is 16.5. The van der Waals surface area contributed by atoms with E-state index in [1.807, 2.05) is 23.6 Å². The summed E-state index contributed by atoms with van der Waals surface area (Å²) in [6.07, 6.45) is 1.86. The Morgan fingerprint density at radius 3 is 2.53 bits per heavy atom. The molecule has 0 radical (unpaired) electrons. The molecule has 1 unspecified atom stereocenters. The van der Waals surface area contributed by atoms with Crippen LogP contribution in [0.25, 0.3) is 0 Å². The van der Waals surface area contributed by atoms with Gasteiger partial charge in [-0.2, -0.15) is 0 Å². The molecular formula is C27H33N3O3S. The molecule has 0 saturated heterocycles. The first-order valence-electron chi connectivity index (χ1n) is 11.9. The van der Waals surface area contributed by atoms with E-state index >= 15 is 0 Å². The van der Waals surface area contributed by atoms with Crippen LogP contribution in [-0.2, 0) is 17.8 Å². The predicted octanol–water partition coefficient (Wildman–Crippen LogP) is 6.04. The van der Waals surface area contributed by atoms with Crippen molar-refractivity contribution >= 4 is 28.1 Å². The molecule has 0 saturated carbocycles. The minimum Gasteiger partial charge on any atom is -0.490 e. The molecule has 1 amide bonds. The zero-order valence-electron chi connectivity index (χ0n) is 20.3. The summed E-state index contributed by atoms with van der Waals surface area (Å²) in [5.41, 5.74) is 4.16. The fourth-order valence-electron chi connectivity index (χ4n) is 4.11. The number of anilines is 2. The molecule has 6 nitrogen and oxygen atoms in total. The Labute approximate surface area is 205 Å². The molecule has 2 aromatic carbocycles. The Kier molecular flexibility index (Phi) is 7.85. The number of thiazole rings is 1. The van der Waals surface area contributed by atoms with E-state index in [0.717, 1.165) is 41.3 Å². The van der Waals surface area contributed by atoms with E-state index in [9.17, 15) is 4.79 Å². The zero-order valence-corrected chi connectivity index (χ0v) is 21.2. The second kappa shape index (κ2) is 11.0. The number of nitrogens with zero attached hydrogens (tertiary/aromatic N) is 2. The van der Waals surface area contributed by atoms with Crippen LogP contribution in [0.5, 0.6) is 11.5 Å².